The molecule has 2 rings (SSSR count). The fourth-order valence-corrected chi connectivity index (χ4v) is 2.94. The molecule has 1 saturated heterocycles. The predicted molar refractivity (Wildman–Crippen MR) is 128 cm³/mol. The number of benzene rings is 1. The van der Waals surface area contributed by atoms with Crippen LogP contribution in [-0.4, -0.2) is 75.8 Å². The van der Waals surface area contributed by atoms with Gasteiger partial charge in [-0.2, -0.15) is 0 Å². The number of nitrogens with zero attached hydrogens (tertiary/aromatic N) is 2. The molecule has 0 aromatic heterocycles. The fourth-order valence-electron chi connectivity index (χ4n) is 2.67. The molecule has 0 aliphatic carbocycles. The number of hydrogen-bond donors (Lipinski definition) is 3. The Kier molecular flexibility index (Phi) is 13.5. The van der Waals surface area contributed by atoms with Crippen LogP contribution in [0.15, 0.2) is 33.7 Å². The number of amides is 1. The summed E-state index contributed by atoms with van der Waals surface area (Å²) >= 11 is 3.37. The van der Waals surface area contributed by atoms with E-state index in [9.17, 15) is 4.79 Å². The average Bonchev–Trinajstić information content (AvgIpc) is 2.69. The molecule has 0 saturated carbocycles. The van der Waals surface area contributed by atoms with Crippen molar-refractivity contribution in [3.05, 3.63) is 34.3 Å². The van der Waals surface area contributed by atoms with Crippen molar-refractivity contribution in [1.29, 1.82) is 0 Å². The molecule has 9 heteroatoms. The van der Waals surface area contributed by atoms with Gasteiger partial charge in [0.15, 0.2) is 5.96 Å². The van der Waals surface area contributed by atoms with Gasteiger partial charge in [0.1, 0.15) is 0 Å². The van der Waals surface area contributed by atoms with Crippen molar-refractivity contribution in [1.82, 2.24) is 20.9 Å². The number of halogens is 2. The molecule has 7 nitrogen and oxygen atoms in total. The lowest BCUT2D eigenvalue weighted by atomic mass is 10.2. The van der Waals surface area contributed by atoms with E-state index in [2.05, 4.69) is 48.7 Å². The number of aliphatic imine (C=N–C) groups is 1. The lowest BCUT2D eigenvalue weighted by Gasteiger charge is -2.26. The van der Waals surface area contributed by atoms with Gasteiger partial charge in [0.2, 0.25) is 0 Å². The number of morpholine rings is 1. The van der Waals surface area contributed by atoms with E-state index in [1.807, 2.05) is 12.1 Å². The summed E-state index contributed by atoms with van der Waals surface area (Å²) in [4.78, 5) is 19.0. The van der Waals surface area contributed by atoms with Crippen LogP contribution in [0.25, 0.3) is 0 Å². The standard InChI is InChI=1S/C19H30BrN5O2.HI/c1-2-21-19(24-10-11-25-12-14-27-15-13-25)23-9-3-8-22-18(26)16-4-6-17(20)7-5-16;/h4-7H,2-3,8-15H2,1H3,(H,22,26)(H2,21,23,24);1H. The van der Waals surface area contributed by atoms with Crippen LogP contribution >= 0.6 is 39.9 Å². The van der Waals surface area contributed by atoms with Crippen molar-refractivity contribution in [3.8, 4) is 0 Å². The summed E-state index contributed by atoms with van der Waals surface area (Å²) < 4.78 is 6.33. The van der Waals surface area contributed by atoms with E-state index in [1.54, 1.807) is 12.1 Å². The number of carbonyl (C=O) groups excluding carboxylic acids is 1. The molecule has 28 heavy (non-hydrogen) atoms. The maximum absolute atomic E-state index is 12.0. The molecular formula is C19H31BrIN5O2. The van der Waals surface area contributed by atoms with E-state index in [-0.39, 0.29) is 29.9 Å². The molecule has 1 aliphatic rings. The number of nitrogens with one attached hydrogen (secondary N) is 3. The normalized spacial score (nSPS) is 14.9. The molecule has 1 aliphatic heterocycles. The van der Waals surface area contributed by atoms with Crippen LogP contribution in [0.3, 0.4) is 0 Å². The first-order valence-corrected chi connectivity index (χ1v) is 10.3. The minimum Gasteiger partial charge on any atom is -0.379 e. The molecule has 3 N–H and O–H groups in total. The quantitative estimate of drug-likeness (QED) is 0.184. The molecule has 158 valence electrons. The second kappa shape index (κ2) is 15.0. The van der Waals surface area contributed by atoms with Gasteiger partial charge < -0.3 is 20.7 Å². The zero-order chi connectivity index (χ0) is 19.3. The highest BCUT2D eigenvalue weighted by atomic mass is 127. The zero-order valence-corrected chi connectivity index (χ0v) is 20.3. The highest BCUT2D eigenvalue weighted by Crippen LogP contribution is 2.10. The second-order valence-electron chi connectivity index (χ2n) is 6.26. The van der Waals surface area contributed by atoms with Crippen LogP contribution in [0.5, 0.6) is 0 Å². The van der Waals surface area contributed by atoms with Crippen molar-refractivity contribution in [3.63, 3.8) is 0 Å². The molecule has 0 atom stereocenters. The summed E-state index contributed by atoms with van der Waals surface area (Å²) in [6, 6.07) is 7.34. The van der Waals surface area contributed by atoms with Gasteiger partial charge in [-0.1, -0.05) is 15.9 Å². The van der Waals surface area contributed by atoms with Crippen LogP contribution in [0.1, 0.15) is 23.7 Å². The number of guanidine groups is 1. The van der Waals surface area contributed by atoms with Gasteiger partial charge in [-0.05, 0) is 37.6 Å². The van der Waals surface area contributed by atoms with Crippen LogP contribution < -0.4 is 16.0 Å². The lowest BCUT2D eigenvalue weighted by Crippen LogP contribution is -2.44. The molecule has 0 bridgehead atoms. The van der Waals surface area contributed by atoms with Gasteiger partial charge in [0.25, 0.3) is 5.91 Å². The van der Waals surface area contributed by atoms with Gasteiger partial charge in [-0.15, -0.1) is 24.0 Å². The monoisotopic (exact) mass is 567 g/mol. The van der Waals surface area contributed by atoms with E-state index in [4.69, 9.17) is 4.74 Å². The van der Waals surface area contributed by atoms with E-state index in [0.717, 1.165) is 62.8 Å². The van der Waals surface area contributed by atoms with Crippen molar-refractivity contribution < 1.29 is 9.53 Å². The smallest absolute Gasteiger partial charge is 0.251 e. The third-order valence-corrected chi connectivity index (χ3v) is 4.69. The molecule has 1 heterocycles. The van der Waals surface area contributed by atoms with E-state index in [0.29, 0.717) is 18.7 Å². The average molecular weight is 568 g/mol. The van der Waals surface area contributed by atoms with Gasteiger partial charge in [0.05, 0.1) is 13.2 Å². The van der Waals surface area contributed by atoms with Crippen molar-refractivity contribution in [2.45, 2.75) is 13.3 Å². The number of ether oxygens (including phenoxy) is 1. The lowest BCUT2D eigenvalue weighted by molar-refractivity contribution is 0.0389. The highest BCUT2D eigenvalue weighted by molar-refractivity contribution is 14.0. The van der Waals surface area contributed by atoms with Gasteiger partial charge >= 0.3 is 0 Å². The predicted octanol–water partition coefficient (Wildman–Crippen LogP) is 2.07. The Bertz CT molecular complexity index is 594. The fraction of sp³-hybridized carbons (Fsp3) is 0.579. The Morgan fingerprint density at radius 2 is 1.86 bits per heavy atom. The van der Waals surface area contributed by atoms with E-state index >= 15 is 0 Å². The highest BCUT2D eigenvalue weighted by Gasteiger charge is 2.09. The topological polar surface area (TPSA) is 78.0 Å². The number of hydrogen-bond acceptors (Lipinski definition) is 4. The third-order valence-electron chi connectivity index (χ3n) is 4.17. The van der Waals surface area contributed by atoms with Crippen LogP contribution in [0, 0.1) is 0 Å². The van der Waals surface area contributed by atoms with Crippen molar-refractivity contribution >= 4 is 51.8 Å². The molecule has 1 aromatic rings. The first-order valence-electron chi connectivity index (χ1n) is 9.55. The third kappa shape index (κ3) is 10.0. The number of rotatable bonds is 9. The van der Waals surface area contributed by atoms with Crippen LogP contribution in [0.4, 0.5) is 0 Å². The maximum atomic E-state index is 12.0. The number of carbonyl (C=O) groups is 1. The maximum Gasteiger partial charge on any atom is 0.251 e. The molecule has 1 aromatic carbocycles. The Hall–Kier alpha value is -0.910. The Balaban J connectivity index is 0.00000392. The SMILES string of the molecule is CCNC(=NCCCNC(=O)c1ccc(Br)cc1)NCCN1CCOCC1.I. The Morgan fingerprint density at radius 3 is 2.54 bits per heavy atom. The van der Waals surface area contributed by atoms with Crippen molar-refractivity contribution in [2.24, 2.45) is 4.99 Å². The first-order chi connectivity index (χ1) is 13.2. The summed E-state index contributed by atoms with van der Waals surface area (Å²) in [6.45, 7) is 9.60. The van der Waals surface area contributed by atoms with Crippen LogP contribution in [0.2, 0.25) is 0 Å². The van der Waals surface area contributed by atoms with Gasteiger partial charge in [-0.3, -0.25) is 14.7 Å². The zero-order valence-electron chi connectivity index (χ0n) is 16.4. The summed E-state index contributed by atoms with van der Waals surface area (Å²) in [5, 5.41) is 9.55. The molecule has 1 fully saturated rings. The molecule has 1 amide bonds. The minimum absolute atomic E-state index is 0. The largest absolute Gasteiger partial charge is 0.379 e. The summed E-state index contributed by atoms with van der Waals surface area (Å²) in [7, 11) is 0. The first kappa shape index (κ1) is 25.1. The Labute approximate surface area is 193 Å². The summed E-state index contributed by atoms with van der Waals surface area (Å²) in [5.41, 5.74) is 0.666. The molecule has 0 spiro atoms. The van der Waals surface area contributed by atoms with Crippen LogP contribution in [-0.2, 0) is 4.74 Å². The van der Waals surface area contributed by atoms with E-state index in [1.165, 1.54) is 0 Å². The minimum atomic E-state index is -0.0537. The summed E-state index contributed by atoms with van der Waals surface area (Å²) in [5.74, 6) is 0.770. The summed E-state index contributed by atoms with van der Waals surface area (Å²) in [6.07, 6.45) is 0.794. The van der Waals surface area contributed by atoms with Gasteiger partial charge in [-0.25, -0.2) is 0 Å². The Morgan fingerprint density at radius 1 is 1.14 bits per heavy atom. The molecule has 0 radical (unpaired) electrons. The van der Waals surface area contributed by atoms with E-state index < -0.39 is 0 Å². The van der Waals surface area contributed by atoms with Gasteiger partial charge in [0, 0.05) is 55.8 Å². The van der Waals surface area contributed by atoms with Crippen molar-refractivity contribution in [2.75, 3.05) is 59.0 Å². The molecule has 0 unspecified atom stereocenters. The second-order valence-corrected chi connectivity index (χ2v) is 7.17. The molecular weight excluding hydrogens is 537 g/mol.